The van der Waals surface area contributed by atoms with Gasteiger partial charge in [-0.05, 0) is 45.0 Å². The van der Waals surface area contributed by atoms with Gasteiger partial charge in [-0.3, -0.25) is 0 Å². The minimum absolute atomic E-state index is 0.402. The van der Waals surface area contributed by atoms with Crippen LogP contribution in [0.5, 0.6) is 5.75 Å². The van der Waals surface area contributed by atoms with Crippen LogP contribution in [0.1, 0.15) is 18.7 Å². The summed E-state index contributed by atoms with van der Waals surface area (Å²) in [6.07, 6.45) is 0. The maximum Gasteiger partial charge on any atom is 0.183 e. The van der Waals surface area contributed by atoms with E-state index in [1.54, 1.807) is 18.4 Å². The lowest BCUT2D eigenvalue weighted by atomic mass is 10.1. The molecule has 2 aromatic rings. The smallest absolute Gasteiger partial charge is 0.183 e. The quantitative estimate of drug-likeness (QED) is 0.906. The highest BCUT2D eigenvalue weighted by Gasteiger charge is 2.10. The van der Waals surface area contributed by atoms with Crippen molar-refractivity contribution in [1.82, 2.24) is 4.98 Å². The van der Waals surface area contributed by atoms with Gasteiger partial charge in [0.05, 0.1) is 12.8 Å². The Morgan fingerprint density at radius 3 is 2.44 bits per heavy atom. The van der Waals surface area contributed by atoms with E-state index in [-0.39, 0.29) is 0 Å². The van der Waals surface area contributed by atoms with Crippen molar-refractivity contribution in [1.29, 1.82) is 0 Å². The summed E-state index contributed by atoms with van der Waals surface area (Å²) >= 11 is 1.69. The summed E-state index contributed by atoms with van der Waals surface area (Å²) in [6.45, 7) is 6.33. The van der Waals surface area contributed by atoms with Gasteiger partial charge in [-0.2, -0.15) is 0 Å². The van der Waals surface area contributed by atoms with Gasteiger partial charge in [-0.15, -0.1) is 11.3 Å². The Balaban J connectivity index is 2.29. The highest BCUT2D eigenvalue weighted by Crippen LogP contribution is 2.31. The van der Waals surface area contributed by atoms with E-state index >= 15 is 0 Å². The minimum Gasteiger partial charge on any atom is -0.497 e. The van der Waals surface area contributed by atoms with E-state index in [0.29, 0.717) is 6.04 Å². The summed E-state index contributed by atoms with van der Waals surface area (Å²) in [5, 5.41) is 4.32. The van der Waals surface area contributed by atoms with E-state index in [1.807, 2.05) is 24.3 Å². The number of rotatable bonds is 4. The molecule has 0 spiro atoms. The number of nitrogens with one attached hydrogen (secondary N) is 1. The molecule has 0 atom stereocenters. The first-order valence-corrected chi connectivity index (χ1v) is 6.80. The number of aromatic nitrogens is 1. The second-order valence-electron chi connectivity index (χ2n) is 4.45. The van der Waals surface area contributed by atoms with E-state index in [9.17, 15) is 0 Å². The van der Waals surface area contributed by atoms with Crippen molar-refractivity contribution in [3.05, 3.63) is 29.1 Å². The molecule has 0 aliphatic carbocycles. The third-order valence-electron chi connectivity index (χ3n) is 2.57. The number of aryl methyl sites for hydroxylation is 1. The standard InChI is InChI=1S/C14H18N2OS/c1-9(2)15-14-16-13(10(3)18-14)11-5-7-12(17-4)8-6-11/h5-9H,1-4H3,(H,15,16). The first-order valence-electron chi connectivity index (χ1n) is 5.98. The molecule has 1 heterocycles. The fourth-order valence-corrected chi connectivity index (χ4v) is 2.70. The summed E-state index contributed by atoms with van der Waals surface area (Å²) in [6, 6.07) is 8.41. The number of thiazole rings is 1. The van der Waals surface area contributed by atoms with Crippen molar-refractivity contribution in [2.24, 2.45) is 0 Å². The van der Waals surface area contributed by atoms with Gasteiger partial charge in [0.2, 0.25) is 0 Å². The normalized spacial score (nSPS) is 10.7. The minimum atomic E-state index is 0.402. The van der Waals surface area contributed by atoms with Crippen molar-refractivity contribution in [3.63, 3.8) is 0 Å². The number of nitrogens with zero attached hydrogens (tertiary/aromatic N) is 1. The number of anilines is 1. The maximum atomic E-state index is 5.16. The fourth-order valence-electron chi connectivity index (χ4n) is 1.72. The van der Waals surface area contributed by atoms with Gasteiger partial charge in [-0.1, -0.05) is 0 Å². The van der Waals surface area contributed by atoms with Crippen molar-refractivity contribution < 1.29 is 4.74 Å². The Labute approximate surface area is 112 Å². The molecule has 0 bridgehead atoms. The Bertz CT molecular complexity index is 517. The van der Waals surface area contributed by atoms with Gasteiger partial charge < -0.3 is 10.1 Å². The molecule has 0 saturated carbocycles. The molecule has 0 unspecified atom stereocenters. The van der Waals surface area contributed by atoms with Gasteiger partial charge in [-0.25, -0.2) is 4.98 Å². The maximum absolute atomic E-state index is 5.16. The number of hydrogen-bond donors (Lipinski definition) is 1. The Morgan fingerprint density at radius 2 is 1.89 bits per heavy atom. The third kappa shape index (κ3) is 2.82. The molecular weight excluding hydrogens is 244 g/mol. The first-order chi connectivity index (χ1) is 8.60. The zero-order valence-corrected chi connectivity index (χ0v) is 12.0. The second kappa shape index (κ2) is 5.40. The fraction of sp³-hybridized carbons (Fsp3) is 0.357. The molecule has 0 aliphatic rings. The molecule has 3 nitrogen and oxygen atoms in total. The number of methoxy groups -OCH3 is 1. The van der Waals surface area contributed by atoms with Crippen LogP contribution in [0.2, 0.25) is 0 Å². The van der Waals surface area contributed by atoms with E-state index in [4.69, 9.17) is 4.74 Å². The van der Waals surface area contributed by atoms with Crippen LogP contribution in [0, 0.1) is 6.92 Å². The van der Waals surface area contributed by atoms with Gasteiger partial charge in [0.1, 0.15) is 5.75 Å². The van der Waals surface area contributed by atoms with Gasteiger partial charge >= 0.3 is 0 Å². The van der Waals surface area contributed by atoms with Crippen LogP contribution in [0.15, 0.2) is 24.3 Å². The number of hydrogen-bond acceptors (Lipinski definition) is 4. The highest BCUT2D eigenvalue weighted by molar-refractivity contribution is 7.16. The lowest BCUT2D eigenvalue weighted by Crippen LogP contribution is -2.08. The van der Waals surface area contributed by atoms with Crippen LogP contribution in [0.4, 0.5) is 5.13 Å². The van der Waals surface area contributed by atoms with E-state index in [0.717, 1.165) is 22.1 Å². The molecule has 0 fully saturated rings. The molecule has 96 valence electrons. The SMILES string of the molecule is COc1ccc(-c2nc(NC(C)C)sc2C)cc1. The van der Waals surface area contributed by atoms with Gasteiger partial charge in [0.15, 0.2) is 5.13 Å². The first kappa shape index (κ1) is 12.9. The van der Waals surface area contributed by atoms with Crippen LogP contribution in [0.25, 0.3) is 11.3 Å². The van der Waals surface area contributed by atoms with Crippen molar-refractivity contribution >= 4 is 16.5 Å². The summed E-state index contributed by atoms with van der Waals surface area (Å²) in [7, 11) is 1.67. The molecule has 1 N–H and O–H groups in total. The molecule has 2 rings (SSSR count). The lowest BCUT2D eigenvalue weighted by Gasteiger charge is -2.04. The Morgan fingerprint density at radius 1 is 1.22 bits per heavy atom. The summed E-state index contributed by atoms with van der Waals surface area (Å²) < 4.78 is 5.16. The largest absolute Gasteiger partial charge is 0.497 e. The van der Waals surface area contributed by atoms with Crippen LogP contribution in [-0.4, -0.2) is 18.1 Å². The van der Waals surface area contributed by atoms with Gasteiger partial charge in [0, 0.05) is 16.5 Å². The summed E-state index contributed by atoms with van der Waals surface area (Å²) in [5.41, 5.74) is 2.17. The molecule has 0 amide bonds. The molecule has 0 saturated heterocycles. The van der Waals surface area contributed by atoms with Crippen molar-refractivity contribution in [3.8, 4) is 17.0 Å². The number of benzene rings is 1. The average molecular weight is 262 g/mol. The number of ether oxygens (including phenoxy) is 1. The Hall–Kier alpha value is -1.55. The third-order valence-corrected chi connectivity index (χ3v) is 3.47. The molecule has 0 aliphatic heterocycles. The Kier molecular flexibility index (Phi) is 3.87. The molecule has 1 aromatic heterocycles. The summed E-state index contributed by atoms with van der Waals surface area (Å²) in [5.74, 6) is 0.868. The predicted octanol–water partition coefficient (Wildman–Crippen LogP) is 3.95. The van der Waals surface area contributed by atoms with Crippen LogP contribution < -0.4 is 10.1 Å². The molecular formula is C14H18N2OS. The monoisotopic (exact) mass is 262 g/mol. The van der Waals surface area contributed by atoms with Crippen LogP contribution >= 0.6 is 11.3 Å². The highest BCUT2D eigenvalue weighted by atomic mass is 32.1. The summed E-state index contributed by atoms with van der Waals surface area (Å²) in [4.78, 5) is 5.87. The second-order valence-corrected chi connectivity index (χ2v) is 5.65. The van der Waals surface area contributed by atoms with E-state index < -0.39 is 0 Å². The van der Waals surface area contributed by atoms with E-state index in [1.165, 1.54) is 4.88 Å². The molecule has 4 heteroatoms. The zero-order valence-electron chi connectivity index (χ0n) is 11.2. The predicted molar refractivity (Wildman–Crippen MR) is 77.6 cm³/mol. The molecule has 1 aromatic carbocycles. The average Bonchev–Trinajstić information content (AvgIpc) is 2.69. The van der Waals surface area contributed by atoms with Crippen LogP contribution in [-0.2, 0) is 0 Å². The van der Waals surface area contributed by atoms with Crippen molar-refractivity contribution in [2.75, 3.05) is 12.4 Å². The lowest BCUT2D eigenvalue weighted by molar-refractivity contribution is 0.415. The molecule has 18 heavy (non-hydrogen) atoms. The van der Waals surface area contributed by atoms with Crippen LogP contribution in [0.3, 0.4) is 0 Å². The van der Waals surface area contributed by atoms with E-state index in [2.05, 4.69) is 31.1 Å². The van der Waals surface area contributed by atoms with Gasteiger partial charge in [0.25, 0.3) is 0 Å². The molecule has 0 radical (unpaired) electrons. The van der Waals surface area contributed by atoms with Crippen molar-refractivity contribution in [2.45, 2.75) is 26.8 Å². The zero-order chi connectivity index (χ0) is 13.1. The topological polar surface area (TPSA) is 34.1 Å².